The summed E-state index contributed by atoms with van der Waals surface area (Å²) in [5, 5.41) is 0.0206. The van der Waals surface area contributed by atoms with Crippen LogP contribution in [0.25, 0.3) is 0 Å². The second-order valence-electron chi connectivity index (χ2n) is 5.03. The summed E-state index contributed by atoms with van der Waals surface area (Å²) in [5.74, 6) is -4.63. The maximum atomic E-state index is 13.6. The number of halogens is 4. The number of carbonyl (C=O) groups excluding carboxylic acids is 1. The first-order valence-corrected chi connectivity index (χ1v) is 6.92. The first kappa shape index (κ1) is 15.2. The predicted octanol–water partition coefficient (Wildman–Crippen LogP) is 3.58. The normalized spacial score (nSPS) is 18.1. The Labute approximate surface area is 120 Å². The van der Waals surface area contributed by atoms with Gasteiger partial charge in [-0.2, -0.15) is 0 Å². The third-order valence-electron chi connectivity index (χ3n) is 3.74. The van der Waals surface area contributed by atoms with Crippen LogP contribution in [-0.2, 0) is 0 Å². The second kappa shape index (κ2) is 6.04. The zero-order chi connectivity index (χ0) is 14.9. The van der Waals surface area contributed by atoms with Gasteiger partial charge in [-0.25, -0.2) is 13.2 Å². The first-order chi connectivity index (χ1) is 9.41. The number of amides is 1. The molecule has 20 heavy (non-hydrogen) atoms. The van der Waals surface area contributed by atoms with Gasteiger partial charge in [0.1, 0.15) is 0 Å². The number of hydrogen-bond acceptors (Lipinski definition) is 1. The van der Waals surface area contributed by atoms with Crippen molar-refractivity contribution in [2.24, 2.45) is 5.92 Å². The van der Waals surface area contributed by atoms with Gasteiger partial charge in [0, 0.05) is 18.5 Å². The van der Waals surface area contributed by atoms with Crippen molar-refractivity contribution >= 4 is 17.5 Å². The van der Waals surface area contributed by atoms with E-state index in [1.165, 1.54) is 4.90 Å². The molecule has 0 N–H and O–H groups in total. The molecule has 0 bridgehead atoms. The Kier molecular flexibility index (Phi) is 4.58. The van der Waals surface area contributed by atoms with Crippen LogP contribution >= 0.6 is 11.6 Å². The summed E-state index contributed by atoms with van der Waals surface area (Å²) in [5.41, 5.74) is -0.429. The van der Waals surface area contributed by atoms with Crippen LogP contribution in [0, 0.1) is 23.4 Å². The van der Waals surface area contributed by atoms with Crippen LogP contribution in [0.5, 0.6) is 0 Å². The third kappa shape index (κ3) is 2.92. The number of nitrogens with zero attached hydrogens (tertiary/aromatic N) is 1. The molecule has 1 fully saturated rings. The number of piperidine rings is 1. The van der Waals surface area contributed by atoms with Gasteiger partial charge in [0.05, 0.1) is 5.56 Å². The zero-order valence-corrected chi connectivity index (χ0v) is 11.8. The van der Waals surface area contributed by atoms with Gasteiger partial charge in [-0.3, -0.25) is 4.79 Å². The van der Waals surface area contributed by atoms with Gasteiger partial charge in [-0.15, -0.1) is 11.6 Å². The van der Waals surface area contributed by atoms with Gasteiger partial charge in [0.15, 0.2) is 17.5 Å². The van der Waals surface area contributed by atoms with E-state index in [1.807, 2.05) is 6.92 Å². The second-order valence-corrected chi connectivity index (χ2v) is 5.72. The SMILES string of the molecule is CC(Cl)C1CCN(C(=O)c2ccc(F)c(F)c2F)CC1. The Morgan fingerprint density at radius 2 is 1.85 bits per heavy atom. The number of hydrogen-bond donors (Lipinski definition) is 0. The summed E-state index contributed by atoms with van der Waals surface area (Å²) in [6.45, 7) is 2.79. The molecule has 110 valence electrons. The van der Waals surface area contributed by atoms with Crippen molar-refractivity contribution in [3.8, 4) is 0 Å². The summed E-state index contributed by atoms with van der Waals surface area (Å²) in [7, 11) is 0. The van der Waals surface area contributed by atoms with Crippen LogP contribution in [0.3, 0.4) is 0 Å². The van der Waals surface area contributed by atoms with Crippen molar-refractivity contribution in [1.82, 2.24) is 4.90 Å². The highest BCUT2D eigenvalue weighted by molar-refractivity contribution is 6.20. The zero-order valence-electron chi connectivity index (χ0n) is 11.0. The Morgan fingerprint density at radius 3 is 2.40 bits per heavy atom. The van der Waals surface area contributed by atoms with E-state index >= 15 is 0 Å². The molecular weight excluding hydrogens is 291 g/mol. The van der Waals surface area contributed by atoms with E-state index in [-0.39, 0.29) is 5.38 Å². The number of benzene rings is 1. The van der Waals surface area contributed by atoms with E-state index in [4.69, 9.17) is 11.6 Å². The van der Waals surface area contributed by atoms with Crippen molar-refractivity contribution in [1.29, 1.82) is 0 Å². The van der Waals surface area contributed by atoms with Crippen LogP contribution in [0.2, 0.25) is 0 Å². The van der Waals surface area contributed by atoms with Crippen molar-refractivity contribution in [2.45, 2.75) is 25.1 Å². The van der Waals surface area contributed by atoms with E-state index in [1.54, 1.807) is 0 Å². The van der Waals surface area contributed by atoms with Gasteiger partial charge in [0.25, 0.3) is 5.91 Å². The number of carbonyl (C=O) groups is 1. The van der Waals surface area contributed by atoms with E-state index in [0.717, 1.165) is 25.0 Å². The third-order valence-corrected chi connectivity index (χ3v) is 4.10. The highest BCUT2D eigenvalue weighted by Gasteiger charge is 2.28. The van der Waals surface area contributed by atoms with Gasteiger partial charge >= 0.3 is 0 Å². The quantitative estimate of drug-likeness (QED) is 0.604. The molecule has 1 aliphatic heterocycles. The Hall–Kier alpha value is -1.23. The minimum Gasteiger partial charge on any atom is -0.339 e. The smallest absolute Gasteiger partial charge is 0.256 e. The van der Waals surface area contributed by atoms with Gasteiger partial charge in [0.2, 0.25) is 0 Å². The Balaban J connectivity index is 2.12. The largest absolute Gasteiger partial charge is 0.339 e. The minimum atomic E-state index is -1.61. The molecule has 2 nitrogen and oxygen atoms in total. The van der Waals surface area contributed by atoms with Crippen LogP contribution < -0.4 is 0 Å². The van der Waals surface area contributed by atoms with Crippen LogP contribution in [-0.4, -0.2) is 29.3 Å². The average Bonchev–Trinajstić information content (AvgIpc) is 2.44. The van der Waals surface area contributed by atoms with Crippen molar-refractivity contribution in [3.05, 3.63) is 35.1 Å². The fourth-order valence-electron chi connectivity index (χ4n) is 2.42. The molecule has 0 saturated carbocycles. The average molecular weight is 306 g/mol. The molecule has 1 aromatic carbocycles. The molecule has 6 heteroatoms. The summed E-state index contributed by atoms with van der Waals surface area (Å²) >= 11 is 6.01. The lowest BCUT2D eigenvalue weighted by Crippen LogP contribution is -2.40. The lowest BCUT2D eigenvalue weighted by Gasteiger charge is -2.33. The number of alkyl halides is 1. The molecule has 1 amide bonds. The highest BCUT2D eigenvalue weighted by Crippen LogP contribution is 2.25. The standard InChI is InChI=1S/C14H15ClF3NO/c1-8(15)9-4-6-19(7-5-9)14(20)10-2-3-11(16)13(18)12(10)17/h2-3,8-9H,4-7H2,1H3. The molecule has 2 rings (SSSR count). The monoisotopic (exact) mass is 305 g/mol. The van der Waals surface area contributed by atoms with Gasteiger partial charge in [-0.1, -0.05) is 0 Å². The molecule has 1 heterocycles. The highest BCUT2D eigenvalue weighted by atomic mass is 35.5. The van der Waals surface area contributed by atoms with Gasteiger partial charge in [-0.05, 0) is 37.8 Å². The van der Waals surface area contributed by atoms with Crippen molar-refractivity contribution < 1.29 is 18.0 Å². The van der Waals surface area contributed by atoms with Crippen LogP contribution in [0.15, 0.2) is 12.1 Å². The molecular formula is C14H15ClF3NO. The Bertz CT molecular complexity index is 513. The molecule has 1 aromatic rings. The molecule has 1 unspecified atom stereocenters. The van der Waals surface area contributed by atoms with Crippen LogP contribution in [0.1, 0.15) is 30.1 Å². The van der Waals surface area contributed by atoms with E-state index < -0.39 is 28.9 Å². The topological polar surface area (TPSA) is 20.3 Å². The van der Waals surface area contributed by atoms with Gasteiger partial charge < -0.3 is 4.90 Å². The molecule has 0 aromatic heterocycles. The fraction of sp³-hybridized carbons (Fsp3) is 0.500. The van der Waals surface area contributed by atoms with E-state index in [2.05, 4.69) is 0 Å². The number of likely N-dealkylation sites (tertiary alicyclic amines) is 1. The van der Waals surface area contributed by atoms with Crippen LogP contribution in [0.4, 0.5) is 13.2 Å². The Morgan fingerprint density at radius 1 is 1.25 bits per heavy atom. The maximum absolute atomic E-state index is 13.6. The lowest BCUT2D eigenvalue weighted by molar-refractivity contribution is 0.0684. The van der Waals surface area contributed by atoms with E-state index in [0.29, 0.717) is 19.0 Å². The van der Waals surface area contributed by atoms with Crippen molar-refractivity contribution in [2.75, 3.05) is 13.1 Å². The predicted molar refractivity (Wildman–Crippen MR) is 70.3 cm³/mol. The molecule has 0 radical (unpaired) electrons. The number of rotatable bonds is 2. The summed E-state index contributed by atoms with van der Waals surface area (Å²) in [6.07, 6.45) is 1.45. The summed E-state index contributed by atoms with van der Waals surface area (Å²) < 4.78 is 39.6. The van der Waals surface area contributed by atoms with E-state index in [9.17, 15) is 18.0 Å². The lowest BCUT2D eigenvalue weighted by atomic mass is 9.93. The maximum Gasteiger partial charge on any atom is 0.256 e. The summed E-state index contributed by atoms with van der Waals surface area (Å²) in [6, 6.07) is 1.74. The molecule has 1 aliphatic rings. The van der Waals surface area contributed by atoms with Crippen molar-refractivity contribution in [3.63, 3.8) is 0 Å². The minimum absolute atomic E-state index is 0.0206. The first-order valence-electron chi connectivity index (χ1n) is 6.48. The summed E-state index contributed by atoms with van der Waals surface area (Å²) in [4.78, 5) is 13.6. The molecule has 0 spiro atoms. The molecule has 1 saturated heterocycles. The molecule has 1 atom stereocenters. The fourth-order valence-corrected chi connectivity index (χ4v) is 2.68. The molecule has 0 aliphatic carbocycles.